The normalized spacial score (nSPS) is 13.3. The summed E-state index contributed by atoms with van der Waals surface area (Å²) < 4.78 is 13.8. The van der Waals surface area contributed by atoms with Gasteiger partial charge in [0.05, 0.1) is 23.3 Å². The Morgan fingerprint density at radius 1 is 1.03 bits per heavy atom. The highest BCUT2D eigenvalue weighted by Crippen LogP contribution is 2.25. The molecule has 164 valence electrons. The second kappa shape index (κ2) is 9.84. The van der Waals surface area contributed by atoms with Crippen molar-refractivity contribution in [2.45, 2.75) is 0 Å². The van der Waals surface area contributed by atoms with Crippen LogP contribution < -0.4 is 26.2 Å². The molecule has 0 atom stereocenters. The van der Waals surface area contributed by atoms with Crippen LogP contribution in [0.3, 0.4) is 0 Å². The summed E-state index contributed by atoms with van der Waals surface area (Å²) >= 11 is 0. The Morgan fingerprint density at radius 2 is 1.84 bits per heavy atom. The van der Waals surface area contributed by atoms with E-state index in [1.807, 2.05) is 6.07 Å². The number of hydrogen-bond donors (Lipinski definition) is 4. The van der Waals surface area contributed by atoms with Crippen LogP contribution >= 0.6 is 0 Å². The number of amides is 1. The lowest BCUT2D eigenvalue weighted by molar-refractivity contribution is 0.102. The molecule has 10 heteroatoms. The molecular formula is C22H23FN8O. The molecule has 4 N–H and O–H groups in total. The number of pyridine rings is 1. The molecule has 1 saturated heterocycles. The number of hydrogen-bond acceptors (Lipinski definition) is 8. The van der Waals surface area contributed by atoms with E-state index in [0.717, 1.165) is 31.9 Å². The maximum Gasteiger partial charge on any atom is 0.274 e. The topological polar surface area (TPSA) is 107 Å². The average Bonchev–Trinajstić information content (AvgIpc) is 2.81. The van der Waals surface area contributed by atoms with Crippen molar-refractivity contribution in [2.24, 2.45) is 0 Å². The fraction of sp³-hybridized carbons (Fsp3) is 0.182. The van der Waals surface area contributed by atoms with E-state index in [4.69, 9.17) is 0 Å². The van der Waals surface area contributed by atoms with E-state index < -0.39 is 11.7 Å². The maximum atomic E-state index is 13.8. The van der Waals surface area contributed by atoms with E-state index in [1.54, 1.807) is 30.6 Å². The van der Waals surface area contributed by atoms with Gasteiger partial charge in [-0.2, -0.15) is 0 Å². The second-order valence-corrected chi connectivity index (χ2v) is 7.06. The van der Waals surface area contributed by atoms with Crippen LogP contribution in [0.5, 0.6) is 0 Å². The Bertz CT molecular complexity index is 1120. The molecule has 1 amide bonds. The molecule has 1 aliphatic heterocycles. The van der Waals surface area contributed by atoms with Crippen molar-refractivity contribution in [1.82, 2.24) is 20.3 Å². The molecule has 1 aliphatic rings. The van der Waals surface area contributed by atoms with Gasteiger partial charge >= 0.3 is 0 Å². The van der Waals surface area contributed by atoms with Gasteiger partial charge in [-0.3, -0.25) is 9.78 Å². The van der Waals surface area contributed by atoms with Crippen molar-refractivity contribution in [1.29, 1.82) is 0 Å². The Morgan fingerprint density at radius 3 is 2.66 bits per heavy atom. The highest BCUT2D eigenvalue weighted by molar-refractivity contribution is 6.04. The minimum atomic E-state index is -0.416. The Balaban J connectivity index is 1.44. The Hall–Kier alpha value is -4.05. The van der Waals surface area contributed by atoms with Crippen LogP contribution in [0.2, 0.25) is 0 Å². The molecule has 4 rings (SSSR count). The fourth-order valence-corrected chi connectivity index (χ4v) is 3.29. The van der Waals surface area contributed by atoms with E-state index in [9.17, 15) is 9.18 Å². The van der Waals surface area contributed by atoms with Crippen LogP contribution in [-0.2, 0) is 0 Å². The van der Waals surface area contributed by atoms with Gasteiger partial charge in [0, 0.05) is 38.6 Å². The zero-order valence-corrected chi connectivity index (χ0v) is 17.3. The van der Waals surface area contributed by atoms with Gasteiger partial charge in [0.25, 0.3) is 5.91 Å². The summed E-state index contributed by atoms with van der Waals surface area (Å²) in [7, 11) is 0. The second-order valence-electron chi connectivity index (χ2n) is 7.06. The first-order chi connectivity index (χ1) is 15.6. The van der Waals surface area contributed by atoms with Crippen LogP contribution in [0, 0.1) is 5.82 Å². The minimum absolute atomic E-state index is 0.153. The molecule has 1 fully saturated rings. The first-order valence-corrected chi connectivity index (χ1v) is 10.1. The number of nitrogens with one attached hydrogen (secondary N) is 4. The van der Waals surface area contributed by atoms with E-state index >= 15 is 0 Å². The van der Waals surface area contributed by atoms with Crippen LogP contribution in [0.1, 0.15) is 10.5 Å². The van der Waals surface area contributed by atoms with Crippen molar-refractivity contribution in [3.63, 3.8) is 0 Å². The molecule has 0 saturated carbocycles. The zero-order valence-electron chi connectivity index (χ0n) is 17.3. The van der Waals surface area contributed by atoms with Crippen LogP contribution in [0.4, 0.5) is 27.4 Å². The molecule has 2 aromatic heterocycles. The van der Waals surface area contributed by atoms with Gasteiger partial charge in [-0.25, -0.2) is 14.4 Å². The van der Waals surface area contributed by atoms with Gasteiger partial charge in [0.2, 0.25) is 5.95 Å². The standard InChI is InChI=1S/C22H23FN8O/c1-15(27-17-5-3-2-4-16(17)23)28-22-26-9-6-18(30-22)21(32)29-19-14-25-8-7-20(19)31-12-10-24-11-13-31/h2-9,14,24,27H,1,10-13H2,(H,29,32)(H,26,28,30). The number of carbonyl (C=O) groups excluding carboxylic acids is 1. The maximum absolute atomic E-state index is 13.8. The SMILES string of the molecule is C=C(Nc1nccc(C(=O)Nc2cnccc2N2CCNCC2)n1)Nc1ccccc1F. The van der Waals surface area contributed by atoms with Crippen LogP contribution in [0.25, 0.3) is 0 Å². The summed E-state index contributed by atoms with van der Waals surface area (Å²) in [6, 6.07) is 9.60. The number of nitrogens with zero attached hydrogens (tertiary/aromatic N) is 4. The molecule has 32 heavy (non-hydrogen) atoms. The third-order valence-electron chi connectivity index (χ3n) is 4.81. The molecule has 0 aliphatic carbocycles. The van der Waals surface area contributed by atoms with E-state index in [0.29, 0.717) is 5.69 Å². The molecule has 0 radical (unpaired) electrons. The van der Waals surface area contributed by atoms with Crippen molar-refractivity contribution in [3.8, 4) is 0 Å². The first kappa shape index (κ1) is 21.2. The summed E-state index contributed by atoms with van der Waals surface area (Å²) in [5.74, 6) is -0.394. The predicted octanol–water partition coefficient (Wildman–Crippen LogP) is 2.67. The molecule has 3 heterocycles. The van der Waals surface area contributed by atoms with Gasteiger partial charge in [-0.15, -0.1) is 0 Å². The number of benzene rings is 1. The summed E-state index contributed by atoms with van der Waals surface area (Å²) in [6.07, 6.45) is 4.78. The van der Waals surface area contributed by atoms with Crippen molar-refractivity contribution >= 4 is 28.9 Å². The molecule has 9 nitrogen and oxygen atoms in total. The third kappa shape index (κ3) is 5.16. The third-order valence-corrected chi connectivity index (χ3v) is 4.81. The molecule has 3 aromatic rings. The molecule has 1 aromatic carbocycles. The van der Waals surface area contributed by atoms with Crippen molar-refractivity contribution in [3.05, 3.63) is 78.9 Å². The molecule has 0 bridgehead atoms. The fourth-order valence-electron chi connectivity index (χ4n) is 3.29. The Kier molecular flexibility index (Phi) is 6.52. The number of halogens is 1. The Labute approximate surface area is 184 Å². The van der Waals surface area contributed by atoms with Crippen molar-refractivity contribution in [2.75, 3.05) is 47.0 Å². The number of anilines is 4. The zero-order chi connectivity index (χ0) is 22.3. The highest BCUT2D eigenvalue weighted by Gasteiger charge is 2.17. The predicted molar refractivity (Wildman–Crippen MR) is 122 cm³/mol. The summed E-state index contributed by atoms with van der Waals surface area (Å²) in [5, 5.41) is 11.8. The van der Waals surface area contributed by atoms with E-state index in [2.05, 4.69) is 47.7 Å². The average molecular weight is 434 g/mol. The first-order valence-electron chi connectivity index (χ1n) is 10.1. The largest absolute Gasteiger partial charge is 0.367 e. The number of para-hydroxylation sites is 1. The van der Waals surface area contributed by atoms with Gasteiger partial charge in [-0.05, 0) is 24.3 Å². The van der Waals surface area contributed by atoms with Gasteiger partial charge in [-0.1, -0.05) is 18.7 Å². The summed E-state index contributed by atoms with van der Waals surface area (Å²) in [6.45, 7) is 7.23. The lowest BCUT2D eigenvalue weighted by atomic mass is 10.2. The highest BCUT2D eigenvalue weighted by atomic mass is 19.1. The number of rotatable bonds is 7. The quantitative estimate of drug-likeness (QED) is 0.450. The van der Waals surface area contributed by atoms with Crippen LogP contribution in [0.15, 0.2) is 67.4 Å². The number of piperazine rings is 1. The van der Waals surface area contributed by atoms with Crippen molar-refractivity contribution < 1.29 is 9.18 Å². The monoisotopic (exact) mass is 434 g/mol. The summed E-state index contributed by atoms with van der Waals surface area (Å²) in [4.78, 5) is 27.5. The van der Waals surface area contributed by atoms with Gasteiger partial charge in [0.1, 0.15) is 17.3 Å². The van der Waals surface area contributed by atoms with Gasteiger partial charge < -0.3 is 26.2 Å². The molecule has 0 unspecified atom stereocenters. The van der Waals surface area contributed by atoms with E-state index in [1.165, 1.54) is 18.3 Å². The molecule has 0 spiro atoms. The minimum Gasteiger partial charge on any atom is -0.367 e. The van der Waals surface area contributed by atoms with Crippen LogP contribution in [-0.4, -0.2) is 47.0 Å². The smallest absolute Gasteiger partial charge is 0.274 e. The molecular weight excluding hydrogens is 411 g/mol. The van der Waals surface area contributed by atoms with Gasteiger partial charge in [0.15, 0.2) is 0 Å². The lowest BCUT2D eigenvalue weighted by Crippen LogP contribution is -2.43. The lowest BCUT2D eigenvalue weighted by Gasteiger charge is -2.30. The van der Waals surface area contributed by atoms with E-state index in [-0.39, 0.29) is 23.2 Å². The number of aromatic nitrogens is 3. The number of carbonyl (C=O) groups is 1. The summed E-state index contributed by atoms with van der Waals surface area (Å²) in [5.41, 5.74) is 1.94.